The van der Waals surface area contributed by atoms with Crippen molar-refractivity contribution in [2.75, 3.05) is 6.67 Å². The second-order valence-corrected chi connectivity index (χ2v) is 8.47. The molecule has 2 aromatic carbocycles. The molecule has 2 aromatic rings. The van der Waals surface area contributed by atoms with Crippen LogP contribution in [0.4, 0.5) is 0 Å². The smallest absolute Gasteiger partial charge is 0.120 e. The first kappa shape index (κ1) is 18.9. The molecule has 2 atom stereocenters. The fraction of sp³-hybridized carbons (Fsp3) is 0.429. The molecule has 1 heterocycles. The van der Waals surface area contributed by atoms with Crippen molar-refractivity contribution in [3.8, 4) is 11.5 Å². The van der Waals surface area contributed by atoms with Crippen LogP contribution in [0.25, 0.3) is 0 Å². The van der Waals surface area contributed by atoms with Gasteiger partial charge in [0.1, 0.15) is 11.5 Å². The Labute approximate surface area is 169 Å². The number of benzene rings is 2. The van der Waals surface area contributed by atoms with Gasteiger partial charge in [0.2, 0.25) is 0 Å². The third-order valence-electron chi connectivity index (χ3n) is 5.83. The van der Waals surface area contributed by atoms with Gasteiger partial charge in [0.15, 0.2) is 0 Å². The van der Waals surface area contributed by atoms with Crippen molar-refractivity contribution in [3.63, 3.8) is 0 Å². The van der Waals surface area contributed by atoms with E-state index in [1.165, 1.54) is 12.8 Å². The van der Waals surface area contributed by atoms with E-state index in [1.54, 1.807) is 24.3 Å². The zero-order chi connectivity index (χ0) is 19.0. The maximum absolute atomic E-state index is 10.2. The van der Waals surface area contributed by atoms with Gasteiger partial charge in [-0.3, -0.25) is 9.80 Å². The molecule has 1 aliphatic carbocycles. The molecule has 1 saturated heterocycles. The van der Waals surface area contributed by atoms with Gasteiger partial charge in [-0.15, -0.1) is 0 Å². The Morgan fingerprint density at radius 3 is 1.67 bits per heavy atom. The minimum Gasteiger partial charge on any atom is -0.508 e. The van der Waals surface area contributed by atoms with Gasteiger partial charge in [-0.2, -0.15) is 0 Å². The van der Waals surface area contributed by atoms with Crippen molar-refractivity contribution in [2.45, 2.75) is 50.9 Å². The van der Waals surface area contributed by atoms with Crippen LogP contribution in [0.15, 0.2) is 36.4 Å². The summed E-state index contributed by atoms with van der Waals surface area (Å²) >= 11 is 12.3. The number of hydrogen-bond acceptors (Lipinski definition) is 4. The Morgan fingerprint density at radius 1 is 0.778 bits per heavy atom. The predicted molar refractivity (Wildman–Crippen MR) is 108 cm³/mol. The molecule has 0 spiro atoms. The topological polar surface area (TPSA) is 46.9 Å². The van der Waals surface area contributed by atoms with Gasteiger partial charge in [0.05, 0.1) is 6.67 Å². The molecule has 1 aliphatic heterocycles. The van der Waals surface area contributed by atoms with Gasteiger partial charge in [0.25, 0.3) is 0 Å². The van der Waals surface area contributed by atoms with E-state index in [9.17, 15) is 10.2 Å². The van der Waals surface area contributed by atoms with Crippen molar-refractivity contribution < 1.29 is 10.2 Å². The Morgan fingerprint density at radius 2 is 1.22 bits per heavy atom. The molecule has 2 N–H and O–H groups in total. The molecule has 27 heavy (non-hydrogen) atoms. The van der Waals surface area contributed by atoms with Crippen LogP contribution in [0.1, 0.15) is 36.8 Å². The summed E-state index contributed by atoms with van der Waals surface area (Å²) in [5, 5.41) is 21.7. The average molecular weight is 407 g/mol. The molecule has 4 nitrogen and oxygen atoms in total. The highest BCUT2D eigenvalue weighted by molar-refractivity contribution is 6.31. The SMILES string of the molecule is Oc1ccc(Cl)cc1CN1CN(Cc2cc(Cl)ccc2O)[C@@H]2CCCC[C@H]21. The lowest BCUT2D eigenvalue weighted by atomic mass is 9.90. The molecule has 2 fully saturated rings. The van der Waals surface area contributed by atoms with Crippen LogP contribution in [0.3, 0.4) is 0 Å². The number of phenolic OH excluding ortho intramolecular Hbond substituents is 2. The third kappa shape index (κ3) is 4.04. The first-order chi connectivity index (χ1) is 13.0. The van der Waals surface area contributed by atoms with E-state index >= 15 is 0 Å². The molecule has 2 aliphatic rings. The summed E-state index contributed by atoms with van der Waals surface area (Å²) in [7, 11) is 0. The van der Waals surface area contributed by atoms with Crippen LogP contribution in [-0.4, -0.2) is 38.8 Å². The van der Waals surface area contributed by atoms with Gasteiger partial charge in [-0.05, 0) is 49.2 Å². The Kier molecular flexibility index (Phi) is 5.51. The molecule has 0 unspecified atom stereocenters. The monoisotopic (exact) mass is 406 g/mol. The van der Waals surface area contributed by atoms with E-state index in [1.807, 2.05) is 12.1 Å². The summed E-state index contributed by atoms with van der Waals surface area (Å²) in [4.78, 5) is 4.85. The Hall–Kier alpha value is -1.46. The van der Waals surface area contributed by atoms with Gasteiger partial charge in [-0.1, -0.05) is 36.0 Å². The highest BCUT2D eigenvalue weighted by atomic mass is 35.5. The quantitative estimate of drug-likeness (QED) is 0.750. The van der Waals surface area contributed by atoms with Crippen molar-refractivity contribution >= 4 is 23.2 Å². The zero-order valence-electron chi connectivity index (χ0n) is 15.1. The number of phenols is 2. The first-order valence-corrected chi connectivity index (χ1v) is 10.2. The number of fused-ring (bicyclic) bond motifs is 1. The van der Waals surface area contributed by atoms with Gasteiger partial charge >= 0.3 is 0 Å². The maximum atomic E-state index is 10.2. The lowest BCUT2D eigenvalue weighted by Gasteiger charge is -2.32. The van der Waals surface area contributed by atoms with Crippen LogP contribution >= 0.6 is 23.2 Å². The molecule has 0 bridgehead atoms. The predicted octanol–water partition coefficient (Wildman–Crippen LogP) is 4.99. The van der Waals surface area contributed by atoms with Crippen molar-refractivity contribution in [1.29, 1.82) is 0 Å². The molecule has 4 rings (SSSR count). The molecule has 6 heteroatoms. The van der Waals surface area contributed by atoms with Gasteiger partial charge < -0.3 is 10.2 Å². The van der Waals surface area contributed by atoms with E-state index in [2.05, 4.69) is 9.80 Å². The average Bonchev–Trinajstić information content (AvgIpc) is 2.99. The second kappa shape index (κ2) is 7.88. The number of halogens is 2. The van der Waals surface area contributed by atoms with Gasteiger partial charge in [0, 0.05) is 46.3 Å². The fourth-order valence-electron chi connectivity index (χ4n) is 4.52. The Balaban J connectivity index is 1.55. The minimum absolute atomic E-state index is 0.290. The van der Waals surface area contributed by atoms with E-state index < -0.39 is 0 Å². The van der Waals surface area contributed by atoms with Crippen LogP contribution in [0.5, 0.6) is 11.5 Å². The number of hydrogen-bond donors (Lipinski definition) is 2. The Bertz CT molecular complexity index is 762. The van der Waals surface area contributed by atoms with E-state index in [0.29, 0.717) is 35.2 Å². The highest BCUT2D eigenvalue weighted by Crippen LogP contribution is 2.37. The van der Waals surface area contributed by atoms with Crippen molar-refractivity contribution in [2.24, 2.45) is 0 Å². The molecule has 0 radical (unpaired) electrons. The van der Waals surface area contributed by atoms with E-state index in [4.69, 9.17) is 23.2 Å². The maximum Gasteiger partial charge on any atom is 0.120 e. The fourth-order valence-corrected chi connectivity index (χ4v) is 4.91. The first-order valence-electron chi connectivity index (χ1n) is 9.44. The number of nitrogens with zero attached hydrogens (tertiary/aromatic N) is 2. The van der Waals surface area contributed by atoms with Crippen LogP contribution in [0.2, 0.25) is 10.0 Å². The summed E-state index contributed by atoms with van der Waals surface area (Å²) in [6.07, 6.45) is 4.78. The summed E-state index contributed by atoms with van der Waals surface area (Å²) in [5.74, 6) is 0.579. The number of rotatable bonds is 4. The standard InChI is InChI=1S/C21H24Cl2N2O2/c22-16-5-7-20(26)14(9-16)11-24-13-25(19-4-2-1-3-18(19)24)12-15-10-17(23)6-8-21(15)27/h5-10,18-19,26-27H,1-4,11-13H2/t18-,19-/m1/s1. The zero-order valence-corrected chi connectivity index (χ0v) is 16.6. The molecule has 1 saturated carbocycles. The minimum atomic E-state index is 0.290. The van der Waals surface area contributed by atoms with Crippen molar-refractivity contribution in [3.05, 3.63) is 57.6 Å². The summed E-state index contributed by atoms with van der Waals surface area (Å²) in [5.41, 5.74) is 1.72. The normalized spacial score (nSPS) is 23.5. The lowest BCUT2D eigenvalue weighted by Crippen LogP contribution is -2.39. The van der Waals surface area contributed by atoms with Crippen LogP contribution < -0.4 is 0 Å². The van der Waals surface area contributed by atoms with E-state index in [0.717, 1.165) is 30.6 Å². The largest absolute Gasteiger partial charge is 0.508 e. The third-order valence-corrected chi connectivity index (χ3v) is 6.30. The molecule has 0 amide bonds. The van der Waals surface area contributed by atoms with Crippen molar-refractivity contribution in [1.82, 2.24) is 9.80 Å². The highest BCUT2D eigenvalue weighted by Gasteiger charge is 2.41. The summed E-state index contributed by atoms with van der Waals surface area (Å²) < 4.78 is 0. The second-order valence-electron chi connectivity index (χ2n) is 7.60. The molecule has 144 valence electrons. The summed E-state index contributed by atoms with van der Waals surface area (Å²) in [6.45, 7) is 2.14. The molecule has 0 aromatic heterocycles. The van der Waals surface area contributed by atoms with Crippen LogP contribution in [-0.2, 0) is 13.1 Å². The molecular weight excluding hydrogens is 383 g/mol. The lowest BCUT2D eigenvalue weighted by molar-refractivity contribution is 0.196. The van der Waals surface area contributed by atoms with E-state index in [-0.39, 0.29) is 11.5 Å². The number of aromatic hydroxyl groups is 2. The summed E-state index contributed by atoms with van der Waals surface area (Å²) in [6, 6.07) is 11.4. The van der Waals surface area contributed by atoms with Crippen LogP contribution in [0, 0.1) is 0 Å². The molecular formula is C21H24Cl2N2O2. The van der Waals surface area contributed by atoms with Gasteiger partial charge in [-0.25, -0.2) is 0 Å².